The van der Waals surface area contributed by atoms with Crippen LogP contribution in [0, 0.1) is 6.92 Å². The van der Waals surface area contributed by atoms with E-state index in [1.165, 1.54) is 0 Å². The minimum absolute atomic E-state index is 0.286. The Morgan fingerprint density at radius 1 is 1.18 bits per heavy atom. The van der Waals surface area contributed by atoms with Gasteiger partial charge in [-0.1, -0.05) is 18.5 Å². The molecule has 28 heavy (non-hydrogen) atoms. The summed E-state index contributed by atoms with van der Waals surface area (Å²) in [4.78, 5) is 16.9. The third kappa shape index (κ3) is 4.37. The number of halogens is 1. The van der Waals surface area contributed by atoms with Crippen LogP contribution in [0.5, 0.6) is 5.75 Å². The predicted octanol–water partition coefficient (Wildman–Crippen LogP) is 5.91. The molecule has 1 heterocycles. The van der Waals surface area contributed by atoms with Crippen molar-refractivity contribution in [3.63, 3.8) is 0 Å². The van der Waals surface area contributed by atoms with Gasteiger partial charge in [-0.3, -0.25) is 4.98 Å². The molecule has 1 aromatic heterocycles. The molecule has 1 N–H and O–H groups in total. The maximum atomic E-state index is 12.5. The van der Waals surface area contributed by atoms with Crippen LogP contribution in [-0.4, -0.2) is 24.2 Å². The molecule has 146 valence electrons. The SMILES string of the molecule is CCCOc1ccc(Nc2c(C(=O)OCC)cnc3c(C)cc(Cl)cc23)cc1. The smallest absolute Gasteiger partial charge is 0.341 e. The van der Waals surface area contributed by atoms with Gasteiger partial charge >= 0.3 is 5.97 Å². The molecule has 0 saturated heterocycles. The van der Waals surface area contributed by atoms with Crippen LogP contribution < -0.4 is 10.1 Å². The van der Waals surface area contributed by atoms with Crippen LogP contribution >= 0.6 is 11.6 Å². The normalized spacial score (nSPS) is 10.7. The van der Waals surface area contributed by atoms with Gasteiger partial charge in [-0.25, -0.2) is 4.79 Å². The number of hydrogen-bond acceptors (Lipinski definition) is 5. The molecule has 0 spiro atoms. The maximum absolute atomic E-state index is 12.5. The number of carbonyl (C=O) groups excluding carboxylic acids is 1. The summed E-state index contributed by atoms with van der Waals surface area (Å²) >= 11 is 6.27. The van der Waals surface area contributed by atoms with Crippen molar-refractivity contribution in [2.75, 3.05) is 18.5 Å². The molecule has 0 fully saturated rings. The number of aromatic nitrogens is 1. The monoisotopic (exact) mass is 398 g/mol. The predicted molar refractivity (Wildman–Crippen MR) is 113 cm³/mol. The van der Waals surface area contributed by atoms with Gasteiger partial charge < -0.3 is 14.8 Å². The molecule has 0 unspecified atom stereocenters. The first-order valence-corrected chi connectivity index (χ1v) is 9.67. The van der Waals surface area contributed by atoms with Gasteiger partial charge in [0.05, 0.1) is 24.4 Å². The molecule has 6 heteroatoms. The van der Waals surface area contributed by atoms with Crippen LogP contribution in [0.1, 0.15) is 36.2 Å². The van der Waals surface area contributed by atoms with Gasteiger partial charge in [-0.05, 0) is 62.2 Å². The third-order valence-corrected chi connectivity index (χ3v) is 4.44. The number of carbonyl (C=O) groups is 1. The zero-order valence-electron chi connectivity index (χ0n) is 16.2. The zero-order valence-corrected chi connectivity index (χ0v) is 17.0. The number of aryl methyl sites for hydroxylation is 1. The van der Waals surface area contributed by atoms with Crippen molar-refractivity contribution < 1.29 is 14.3 Å². The molecule has 2 aromatic carbocycles. The molecule has 3 rings (SSSR count). The Bertz CT molecular complexity index is 987. The highest BCUT2D eigenvalue weighted by Gasteiger charge is 2.18. The van der Waals surface area contributed by atoms with Crippen LogP contribution in [0.25, 0.3) is 10.9 Å². The number of ether oxygens (including phenoxy) is 2. The van der Waals surface area contributed by atoms with Crippen molar-refractivity contribution in [1.82, 2.24) is 4.98 Å². The average molecular weight is 399 g/mol. The lowest BCUT2D eigenvalue weighted by Gasteiger charge is -2.16. The molecular formula is C22H23ClN2O3. The first kappa shape index (κ1) is 20.0. The number of esters is 1. The Morgan fingerprint density at radius 2 is 1.93 bits per heavy atom. The molecule has 0 bridgehead atoms. The van der Waals surface area contributed by atoms with Crippen molar-refractivity contribution in [3.05, 3.63) is 58.7 Å². The summed E-state index contributed by atoms with van der Waals surface area (Å²) in [5.41, 5.74) is 3.52. The quantitative estimate of drug-likeness (QED) is 0.501. The van der Waals surface area contributed by atoms with E-state index in [2.05, 4.69) is 17.2 Å². The fraction of sp³-hybridized carbons (Fsp3) is 0.273. The van der Waals surface area contributed by atoms with E-state index in [9.17, 15) is 4.79 Å². The van der Waals surface area contributed by atoms with Crippen LogP contribution in [0.15, 0.2) is 42.6 Å². The number of pyridine rings is 1. The van der Waals surface area contributed by atoms with E-state index in [1.807, 2.05) is 37.3 Å². The van der Waals surface area contributed by atoms with Crippen molar-refractivity contribution in [2.24, 2.45) is 0 Å². The second kappa shape index (κ2) is 8.93. The highest BCUT2D eigenvalue weighted by molar-refractivity contribution is 6.31. The Hall–Kier alpha value is -2.79. The number of hydrogen-bond donors (Lipinski definition) is 1. The van der Waals surface area contributed by atoms with Crippen LogP contribution in [0.2, 0.25) is 5.02 Å². The van der Waals surface area contributed by atoms with Crippen molar-refractivity contribution in [2.45, 2.75) is 27.2 Å². The minimum Gasteiger partial charge on any atom is -0.494 e. The number of anilines is 2. The van der Waals surface area contributed by atoms with Crippen LogP contribution in [0.4, 0.5) is 11.4 Å². The first-order chi connectivity index (χ1) is 13.5. The van der Waals surface area contributed by atoms with E-state index in [1.54, 1.807) is 19.2 Å². The summed E-state index contributed by atoms with van der Waals surface area (Å²) in [7, 11) is 0. The van der Waals surface area contributed by atoms with Gasteiger partial charge in [0.25, 0.3) is 0 Å². The molecule has 0 amide bonds. The van der Waals surface area contributed by atoms with Gasteiger partial charge in [-0.2, -0.15) is 0 Å². The number of nitrogens with one attached hydrogen (secondary N) is 1. The Kier molecular flexibility index (Phi) is 6.37. The van der Waals surface area contributed by atoms with E-state index >= 15 is 0 Å². The van der Waals surface area contributed by atoms with Crippen LogP contribution in [0.3, 0.4) is 0 Å². The van der Waals surface area contributed by atoms with E-state index in [4.69, 9.17) is 21.1 Å². The highest BCUT2D eigenvalue weighted by atomic mass is 35.5. The molecule has 5 nitrogen and oxygen atoms in total. The van der Waals surface area contributed by atoms with Gasteiger partial charge in [-0.15, -0.1) is 0 Å². The Labute approximate surface area is 169 Å². The van der Waals surface area contributed by atoms with E-state index in [0.717, 1.165) is 34.3 Å². The summed E-state index contributed by atoms with van der Waals surface area (Å²) < 4.78 is 10.8. The van der Waals surface area contributed by atoms with Gasteiger partial charge in [0, 0.05) is 22.3 Å². The standard InChI is InChI=1S/C22H23ClN2O3/c1-4-10-28-17-8-6-16(7-9-17)25-21-18-12-15(23)11-14(3)20(18)24-13-19(21)22(26)27-5-2/h6-9,11-13H,4-5,10H2,1-3H3,(H,24,25). The molecule has 0 aliphatic rings. The van der Waals surface area contributed by atoms with Crippen molar-refractivity contribution in [1.29, 1.82) is 0 Å². The van der Waals surface area contributed by atoms with E-state index in [-0.39, 0.29) is 6.61 Å². The fourth-order valence-electron chi connectivity index (χ4n) is 2.93. The largest absolute Gasteiger partial charge is 0.494 e. The summed E-state index contributed by atoms with van der Waals surface area (Å²) in [6, 6.07) is 11.3. The van der Waals surface area contributed by atoms with Gasteiger partial charge in [0.2, 0.25) is 0 Å². The topological polar surface area (TPSA) is 60.5 Å². The first-order valence-electron chi connectivity index (χ1n) is 9.29. The summed E-state index contributed by atoms with van der Waals surface area (Å²) in [5.74, 6) is 0.372. The second-order valence-corrected chi connectivity index (χ2v) is 6.82. The zero-order chi connectivity index (χ0) is 20.1. The summed E-state index contributed by atoms with van der Waals surface area (Å²) in [5, 5.41) is 4.69. The summed E-state index contributed by atoms with van der Waals surface area (Å²) in [6.07, 6.45) is 2.49. The number of benzene rings is 2. The van der Waals surface area contributed by atoms with Gasteiger partial charge in [0.15, 0.2) is 0 Å². The molecule has 3 aromatic rings. The van der Waals surface area contributed by atoms with E-state index in [0.29, 0.717) is 22.9 Å². The number of nitrogens with zero attached hydrogens (tertiary/aromatic N) is 1. The maximum Gasteiger partial charge on any atom is 0.341 e. The lowest BCUT2D eigenvalue weighted by molar-refractivity contribution is 0.0527. The van der Waals surface area contributed by atoms with E-state index < -0.39 is 5.97 Å². The number of rotatable bonds is 7. The molecular weight excluding hydrogens is 376 g/mol. The molecule has 0 aliphatic carbocycles. The average Bonchev–Trinajstić information content (AvgIpc) is 2.68. The summed E-state index contributed by atoms with van der Waals surface area (Å²) in [6.45, 7) is 6.74. The molecule has 0 saturated carbocycles. The Balaban J connectivity index is 2.05. The van der Waals surface area contributed by atoms with Crippen LogP contribution in [-0.2, 0) is 4.74 Å². The molecule has 0 atom stereocenters. The van der Waals surface area contributed by atoms with Crippen molar-refractivity contribution in [3.8, 4) is 5.75 Å². The second-order valence-electron chi connectivity index (χ2n) is 6.38. The third-order valence-electron chi connectivity index (χ3n) is 4.22. The fourth-order valence-corrected chi connectivity index (χ4v) is 3.21. The van der Waals surface area contributed by atoms with Gasteiger partial charge in [0.1, 0.15) is 11.3 Å². The minimum atomic E-state index is -0.431. The lowest BCUT2D eigenvalue weighted by atomic mass is 10.1. The molecule has 0 radical (unpaired) electrons. The van der Waals surface area contributed by atoms with Crippen molar-refractivity contribution >= 4 is 39.8 Å². The Morgan fingerprint density at radius 3 is 2.61 bits per heavy atom. The highest BCUT2D eigenvalue weighted by Crippen LogP contribution is 2.33. The lowest BCUT2D eigenvalue weighted by Crippen LogP contribution is -2.09. The number of fused-ring (bicyclic) bond motifs is 1. The molecule has 0 aliphatic heterocycles.